The van der Waals surface area contributed by atoms with Crippen LogP contribution in [0.3, 0.4) is 0 Å². The first-order valence-electron chi connectivity index (χ1n) is 5.26. The second-order valence-electron chi connectivity index (χ2n) is 4.33. The maximum atomic E-state index is 11.2. The van der Waals surface area contributed by atoms with Gasteiger partial charge in [-0.3, -0.25) is 4.79 Å². The van der Waals surface area contributed by atoms with Gasteiger partial charge in [0.15, 0.2) is 0 Å². The maximum Gasteiger partial charge on any atom is 0.235 e. The highest BCUT2D eigenvalue weighted by molar-refractivity contribution is 5.99. The van der Waals surface area contributed by atoms with Gasteiger partial charge in [0.2, 0.25) is 12.0 Å². The van der Waals surface area contributed by atoms with Crippen molar-refractivity contribution in [3.8, 4) is 0 Å². The van der Waals surface area contributed by atoms with Gasteiger partial charge >= 0.3 is 0 Å². The van der Waals surface area contributed by atoms with Crippen LogP contribution in [0.15, 0.2) is 23.2 Å². The van der Waals surface area contributed by atoms with Crippen LogP contribution >= 0.6 is 0 Å². The molecule has 0 saturated heterocycles. The van der Waals surface area contributed by atoms with Gasteiger partial charge in [-0.2, -0.15) is 4.99 Å². The Bertz CT molecular complexity index is 526. The van der Waals surface area contributed by atoms with Crippen molar-refractivity contribution >= 4 is 17.7 Å². The number of isocyanates is 1. The molecular formula is C12H10N2O2. The van der Waals surface area contributed by atoms with Crippen molar-refractivity contribution in [1.82, 2.24) is 0 Å². The fraction of sp³-hybridized carbons (Fsp3) is 0.333. The number of rotatable bonds is 2. The molecule has 2 aliphatic rings. The molecule has 3 rings (SSSR count). The van der Waals surface area contributed by atoms with E-state index in [0.29, 0.717) is 6.42 Å². The van der Waals surface area contributed by atoms with E-state index in [1.807, 2.05) is 18.2 Å². The van der Waals surface area contributed by atoms with Crippen molar-refractivity contribution in [2.24, 2.45) is 4.99 Å². The number of nitrogens with zero attached hydrogens (tertiary/aromatic N) is 1. The lowest BCUT2D eigenvalue weighted by Gasteiger charge is -2.09. The second-order valence-corrected chi connectivity index (χ2v) is 4.33. The number of nitrogens with one attached hydrogen (secondary N) is 1. The van der Waals surface area contributed by atoms with Gasteiger partial charge < -0.3 is 5.32 Å². The minimum atomic E-state index is -0.357. The molecule has 1 aromatic carbocycles. The Balaban J connectivity index is 2.03. The van der Waals surface area contributed by atoms with Gasteiger partial charge in [-0.05, 0) is 30.0 Å². The van der Waals surface area contributed by atoms with E-state index in [-0.39, 0.29) is 11.4 Å². The van der Waals surface area contributed by atoms with Gasteiger partial charge in [-0.1, -0.05) is 12.1 Å². The molecule has 0 unspecified atom stereocenters. The summed E-state index contributed by atoms with van der Waals surface area (Å²) < 4.78 is 0. The highest BCUT2D eigenvalue weighted by Gasteiger charge is 2.45. The summed E-state index contributed by atoms with van der Waals surface area (Å²) in [6, 6.07) is 5.81. The molecule has 1 saturated carbocycles. The molecule has 0 spiro atoms. The Morgan fingerprint density at radius 3 is 2.88 bits per heavy atom. The molecule has 4 heteroatoms. The Labute approximate surface area is 92.4 Å². The van der Waals surface area contributed by atoms with Crippen LogP contribution in [-0.4, -0.2) is 12.0 Å². The number of carbonyl (C=O) groups is 1. The van der Waals surface area contributed by atoms with Crippen molar-refractivity contribution in [3.63, 3.8) is 0 Å². The van der Waals surface area contributed by atoms with Gasteiger partial charge in [-0.25, -0.2) is 4.79 Å². The Morgan fingerprint density at radius 1 is 1.38 bits per heavy atom. The highest BCUT2D eigenvalue weighted by Crippen LogP contribution is 2.50. The number of aliphatic imine (C=N–C) groups is 1. The summed E-state index contributed by atoms with van der Waals surface area (Å²) in [5.41, 5.74) is 2.51. The number of fused-ring (bicyclic) bond motifs is 1. The van der Waals surface area contributed by atoms with E-state index in [4.69, 9.17) is 0 Å². The molecule has 80 valence electrons. The second kappa shape index (κ2) is 3.03. The largest absolute Gasteiger partial charge is 0.326 e. The summed E-state index contributed by atoms with van der Waals surface area (Å²) >= 11 is 0. The average molecular weight is 214 g/mol. The van der Waals surface area contributed by atoms with Crippen LogP contribution in [0.1, 0.15) is 24.0 Å². The third-order valence-electron chi connectivity index (χ3n) is 3.26. The highest BCUT2D eigenvalue weighted by atomic mass is 16.1. The third kappa shape index (κ3) is 1.27. The molecule has 1 N–H and O–H groups in total. The molecule has 1 heterocycles. The average Bonchev–Trinajstić information content (AvgIpc) is 2.93. The van der Waals surface area contributed by atoms with Crippen molar-refractivity contribution in [2.75, 3.05) is 5.32 Å². The van der Waals surface area contributed by atoms with E-state index in [0.717, 1.165) is 29.7 Å². The lowest BCUT2D eigenvalue weighted by atomic mass is 10.0. The van der Waals surface area contributed by atoms with Crippen LogP contribution in [-0.2, 0) is 21.5 Å². The first kappa shape index (κ1) is 9.31. The van der Waals surface area contributed by atoms with Crippen LogP contribution < -0.4 is 5.32 Å². The first-order chi connectivity index (χ1) is 7.73. The fourth-order valence-electron chi connectivity index (χ4n) is 2.17. The molecule has 1 aromatic rings. The summed E-state index contributed by atoms with van der Waals surface area (Å²) in [4.78, 5) is 25.4. The van der Waals surface area contributed by atoms with E-state index in [1.165, 1.54) is 0 Å². The Morgan fingerprint density at radius 2 is 2.19 bits per heavy atom. The van der Waals surface area contributed by atoms with Crippen molar-refractivity contribution in [2.45, 2.75) is 24.8 Å². The zero-order chi connectivity index (χ0) is 11.2. The first-order valence-corrected chi connectivity index (χ1v) is 5.26. The van der Waals surface area contributed by atoms with E-state index in [1.54, 1.807) is 6.08 Å². The Hall–Kier alpha value is -1.93. The number of amides is 1. The standard InChI is InChI=1S/C12H10N2O2/c15-7-13-12(3-4-12)9-2-1-8-5-11(16)14-10(8)6-9/h1-2,6H,3-5H2,(H,14,16). The maximum absolute atomic E-state index is 11.2. The van der Waals surface area contributed by atoms with E-state index < -0.39 is 0 Å². The zero-order valence-corrected chi connectivity index (χ0v) is 8.62. The molecule has 16 heavy (non-hydrogen) atoms. The molecule has 0 atom stereocenters. The van der Waals surface area contributed by atoms with Gasteiger partial charge in [0, 0.05) is 5.69 Å². The summed E-state index contributed by atoms with van der Waals surface area (Å²) in [5.74, 6) is 0.0240. The Kier molecular flexibility index (Phi) is 1.76. The van der Waals surface area contributed by atoms with Crippen LogP contribution in [0.5, 0.6) is 0 Å². The number of benzene rings is 1. The normalized spacial score (nSPS) is 19.6. The molecule has 1 aliphatic heterocycles. The third-order valence-corrected chi connectivity index (χ3v) is 3.26. The molecular weight excluding hydrogens is 204 g/mol. The smallest absolute Gasteiger partial charge is 0.235 e. The van der Waals surface area contributed by atoms with Crippen molar-refractivity contribution in [3.05, 3.63) is 29.3 Å². The molecule has 1 aliphatic carbocycles. The predicted molar refractivity (Wildman–Crippen MR) is 57.8 cm³/mol. The van der Waals surface area contributed by atoms with Gasteiger partial charge in [0.05, 0.1) is 12.0 Å². The summed E-state index contributed by atoms with van der Waals surface area (Å²) in [6.07, 6.45) is 3.84. The van der Waals surface area contributed by atoms with Crippen molar-refractivity contribution in [1.29, 1.82) is 0 Å². The fourth-order valence-corrected chi connectivity index (χ4v) is 2.17. The molecule has 1 fully saturated rings. The van der Waals surface area contributed by atoms with Crippen LogP contribution in [0, 0.1) is 0 Å². The number of hydrogen-bond donors (Lipinski definition) is 1. The number of anilines is 1. The summed E-state index contributed by atoms with van der Waals surface area (Å²) in [6.45, 7) is 0. The SMILES string of the molecule is O=C=NC1(c2ccc3c(c2)NC(=O)C3)CC1. The summed E-state index contributed by atoms with van der Waals surface area (Å²) in [7, 11) is 0. The molecule has 1 amide bonds. The van der Waals surface area contributed by atoms with Gasteiger partial charge in [0.25, 0.3) is 0 Å². The van der Waals surface area contributed by atoms with Gasteiger partial charge in [0.1, 0.15) is 0 Å². The van der Waals surface area contributed by atoms with Crippen LogP contribution in [0.2, 0.25) is 0 Å². The monoisotopic (exact) mass is 214 g/mol. The number of carbonyl (C=O) groups excluding carboxylic acids is 2. The van der Waals surface area contributed by atoms with Crippen LogP contribution in [0.25, 0.3) is 0 Å². The van der Waals surface area contributed by atoms with E-state index in [2.05, 4.69) is 10.3 Å². The van der Waals surface area contributed by atoms with Crippen LogP contribution in [0.4, 0.5) is 5.69 Å². The van der Waals surface area contributed by atoms with Crippen molar-refractivity contribution < 1.29 is 9.59 Å². The lowest BCUT2D eigenvalue weighted by molar-refractivity contribution is -0.115. The predicted octanol–water partition coefficient (Wildman–Crippen LogP) is 1.51. The minimum Gasteiger partial charge on any atom is -0.326 e. The van der Waals surface area contributed by atoms with E-state index >= 15 is 0 Å². The molecule has 0 aromatic heterocycles. The quantitative estimate of drug-likeness (QED) is 0.599. The van der Waals surface area contributed by atoms with E-state index in [9.17, 15) is 9.59 Å². The number of hydrogen-bond acceptors (Lipinski definition) is 3. The molecule has 0 radical (unpaired) electrons. The topological polar surface area (TPSA) is 58.5 Å². The minimum absolute atomic E-state index is 0.0240. The zero-order valence-electron chi connectivity index (χ0n) is 8.62. The van der Waals surface area contributed by atoms with Gasteiger partial charge in [-0.15, -0.1) is 0 Å². The summed E-state index contributed by atoms with van der Waals surface area (Å²) in [5, 5.41) is 2.80. The molecule has 0 bridgehead atoms. The molecule has 4 nitrogen and oxygen atoms in total. The lowest BCUT2D eigenvalue weighted by Crippen LogP contribution is -2.05.